The van der Waals surface area contributed by atoms with Crippen LogP contribution in [0.2, 0.25) is 0 Å². The highest BCUT2D eigenvalue weighted by Gasteiger charge is 2.40. The zero-order valence-corrected chi connectivity index (χ0v) is 15.2. The van der Waals surface area contributed by atoms with E-state index in [-0.39, 0.29) is 24.2 Å². The summed E-state index contributed by atoms with van der Waals surface area (Å²) in [5.74, 6) is 0.107. The van der Waals surface area contributed by atoms with Gasteiger partial charge in [-0.05, 0) is 56.9 Å². The zero-order valence-electron chi connectivity index (χ0n) is 15.2. The molecule has 5 nitrogen and oxygen atoms in total. The van der Waals surface area contributed by atoms with E-state index in [1.54, 1.807) is 7.11 Å². The summed E-state index contributed by atoms with van der Waals surface area (Å²) < 4.78 is 11.5. The van der Waals surface area contributed by atoms with Gasteiger partial charge in [0.1, 0.15) is 0 Å². The summed E-state index contributed by atoms with van der Waals surface area (Å²) in [6, 6.07) is 6.09. The standard InChI is InChI=1S/C20H26N2O3/c1-12-13(2)21-17-6-4-14(10-16(12)17)20(23)22-8-9-25-19-7-5-15(24-3)11-18(19)22/h4,6,10,15,18-19,21H,5,7-9,11H2,1-3H3/t15-,18-,19-/m1/s1. The molecule has 2 fully saturated rings. The van der Waals surface area contributed by atoms with Crippen LogP contribution < -0.4 is 0 Å². The van der Waals surface area contributed by atoms with Crippen molar-refractivity contribution in [1.29, 1.82) is 0 Å². The summed E-state index contributed by atoms with van der Waals surface area (Å²) in [4.78, 5) is 18.6. The Bertz CT molecular complexity index is 798. The van der Waals surface area contributed by atoms with Crippen molar-refractivity contribution < 1.29 is 14.3 Å². The molecule has 25 heavy (non-hydrogen) atoms. The Balaban J connectivity index is 1.63. The SMILES string of the molecule is CO[C@@H]1CC[C@H]2OCCN(C(=O)c3ccc4[nH]c(C)c(C)c4c3)[C@@H]2C1. The zero-order chi connectivity index (χ0) is 17.6. The van der Waals surface area contributed by atoms with Crippen LogP contribution >= 0.6 is 0 Å². The van der Waals surface area contributed by atoms with Gasteiger partial charge in [-0.25, -0.2) is 0 Å². The Morgan fingerprint density at radius 3 is 2.96 bits per heavy atom. The highest BCUT2D eigenvalue weighted by atomic mass is 16.5. The van der Waals surface area contributed by atoms with E-state index in [1.807, 2.05) is 23.1 Å². The first-order valence-electron chi connectivity index (χ1n) is 9.12. The summed E-state index contributed by atoms with van der Waals surface area (Å²) in [6.45, 7) is 5.43. The number of ether oxygens (including phenoxy) is 2. The fourth-order valence-electron chi connectivity index (χ4n) is 4.30. The molecule has 1 aliphatic carbocycles. The molecule has 0 bridgehead atoms. The van der Waals surface area contributed by atoms with Crippen LogP contribution in [0.25, 0.3) is 10.9 Å². The maximum Gasteiger partial charge on any atom is 0.254 e. The molecular formula is C20H26N2O3. The predicted octanol–water partition coefficient (Wildman–Crippen LogP) is 3.19. The van der Waals surface area contributed by atoms with Gasteiger partial charge in [0.15, 0.2) is 0 Å². The van der Waals surface area contributed by atoms with Gasteiger partial charge in [0.2, 0.25) is 0 Å². The van der Waals surface area contributed by atoms with Crippen molar-refractivity contribution in [3.8, 4) is 0 Å². The van der Waals surface area contributed by atoms with Crippen LogP contribution in [-0.2, 0) is 9.47 Å². The van der Waals surface area contributed by atoms with Crippen molar-refractivity contribution in [3.63, 3.8) is 0 Å². The first kappa shape index (κ1) is 16.6. The molecule has 1 aromatic heterocycles. The average Bonchev–Trinajstić information content (AvgIpc) is 2.93. The predicted molar refractivity (Wildman–Crippen MR) is 97.0 cm³/mol. The van der Waals surface area contributed by atoms with Crippen molar-refractivity contribution >= 4 is 16.8 Å². The van der Waals surface area contributed by atoms with Gasteiger partial charge < -0.3 is 19.4 Å². The van der Waals surface area contributed by atoms with Crippen LogP contribution in [0, 0.1) is 13.8 Å². The largest absolute Gasteiger partial charge is 0.381 e. The van der Waals surface area contributed by atoms with Crippen LogP contribution in [0.5, 0.6) is 0 Å². The maximum atomic E-state index is 13.2. The summed E-state index contributed by atoms with van der Waals surface area (Å²) >= 11 is 0. The lowest BCUT2D eigenvalue weighted by atomic mass is 9.87. The Kier molecular flexibility index (Phi) is 4.29. The summed E-state index contributed by atoms with van der Waals surface area (Å²) in [7, 11) is 1.76. The number of nitrogens with zero attached hydrogens (tertiary/aromatic N) is 1. The van der Waals surface area contributed by atoms with Crippen molar-refractivity contribution in [2.45, 2.75) is 51.4 Å². The van der Waals surface area contributed by atoms with Crippen molar-refractivity contribution in [1.82, 2.24) is 9.88 Å². The summed E-state index contributed by atoms with van der Waals surface area (Å²) in [5, 5.41) is 1.13. The normalized spacial score (nSPS) is 26.7. The molecule has 4 rings (SSSR count). The number of aromatic amines is 1. The third-order valence-corrected chi connectivity index (χ3v) is 5.92. The van der Waals surface area contributed by atoms with Crippen molar-refractivity contribution in [3.05, 3.63) is 35.0 Å². The smallest absolute Gasteiger partial charge is 0.254 e. The first-order chi connectivity index (χ1) is 12.1. The molecule has 1 amide bonds. The molecule has 0 unspecified atom stereocenters. The van der Waals surface area contributed by atoms with E-state index in [9.17, 15) is 4.79 Å². The number of nitrogens with one attached hydrogen (secondary N) is 1. The number of amides is 1. The van der Waals surface area contributed by atoms with Crippen molar-refractivity contribution in [2.75, 3.05) is 20.3 Å². The number of methoxy groups -OCH3 is 1. The minimum absolute atomic E-state index is 0.107. The first-order valence-corrected chi connectivity index (χ1v) is 9.12. The van der Waals surface area contributed by atoms with E-state index in [1.165, 1.54) is 5.56 Å². The number of aryl methyl sites for hydroxylation is 2. The Hall–Kier alpha value is -1.85. The third-order valence-electron chi connectivity index (χ3n) is 5.92. The number of carbonyl (C=O) groups is 1. The fourth-order valence-corrected chi connectivity index (χ4v) is 4.30. The van der Waals surface area contributed by atoms with Crippen molar-refractivity contribution in [2.24, 2.45) is 0 Å². The van der Waals surface area contributed by atoms with Gasteiger partial charge in [-0.3, -0.25) is 4.79 Å². The molecule has 0 radical (unpaired) electrons. The minimum Gasteiger partial charge on any atom is -0.381 e. The second-order valence-electron chi connectivity index (χ2n) is 7.28. The van der Waals surface area contributed by atoms with E-state index in [0.29, 0.717) is 13.2 Å². The molecule has 1 saturated heterocycles. The van der Waals surface area contributed by atoms with Crippen LogP contribution in [0.4, 0.5) is 0 Å². The number of fused-ring (bicyclic) bond motifs is 2. The van der Waals surface area contributed by atoms with E-state index < -0.39 is 0 Å². The van der Waals surface area contributed by atoms with Gasteiger partial charge in [-0.15, -0.1) is 0 Å². The number of aromatic nitrogens is 1. The van der Waals surface area contributed by atoms with Crippen LogP contribution in [0.1, 0.15) is 40.9 Å². The average molecular weight is 342 g/mol. The number of rotatable bonds is 2. The molecule has 5 heteroatoms. The lowest BCUT2D eigenvalue weighted by Crippen LogP contribution is -2.56. The number of carbonyl (C=O) groups excluding carboxylic acids is 1. The molecule has 1 N–H and O–H groups in total. The van der Waals surface area contributed by atoms with E-state index in [4.69, 9.17) is 9.47 Å². The van der Waals surface area contributed by atoms with Gasteiger partial charge in [0.25, 0.3) is 5.91 Å². The number of hydrogen-bond donors (Lipinski definition) is 1. The van der Waals surface area contributed by atoms with E-state index >= 15 is 0 Å². The minimum atomic E-state index is 0.107. The Morgan fingerprint density at radius 1 is 1.32 bits per heavy atom. The number of morpholine rings is 1. The topological polar surface area (TPSA) is 54.6 Å². The third kappa shape index (κ3) is 2.85. The second kappa shape index (κ2) is 6.46. The van der Waals surface area contributed by atoms with Crippen LogP contribution in [0.15, 0.2) is 18.2 Å². The maximum absolute atomic E-state index is 13.2. The lowest BCUT2D eigenvalue weighted by molar-refractivity contribution is -0.101. The molecule has 3 atom stereocenters. The Morgan fingerprint density at radius 2 is 2.16 bits per heavy atom. The number of hydrogen-bond acceptors (Lipinski definition) is 3. The molecule has 2 aliphatic rings. The lowest BCUT2D eigenvalue weighted by Gasteiger charge is -2.45. The molecule has 0 spiro atoms. The van der Waals surface area contributed by atoms with Crippen LogP contribution in [0.3, 0.4) is 0 Å². The fraction of sp³-hybridized carbons (Fsp3) is 0.550. The van der Waals surface area contributed by atoms with Crippen LogP contribution in [-0.4, -0.2) is 54.3 Å². The summed E-state index contributed by atoms with van der Waals surface area (Å²) in [5.41, 5.74) is 4.21. The van der Waals surface area contributed by atoms with Gasteiger partial charge in [0.05, 0.1) is 24.9 Å². The summed E-state index contributed by atoms with van der Waals surface area (Å²) in [6.07, 6.45) is 3.19. The number of benzene rings is 1. The molecule has 2 aromatic rings. The monoisotopic (exact) mass is 342 g/mol. The molecule has 1 aliphatic heterocycles. The molecule has 134 valence electrons. The highest BCUT2D eigenvalue weighted by Crippen LogP contribution is 2.31. The highest BCUT2D eigenvalue weighted by molar-refractivity contribution is 5.99. The van der Waals surface area contributed by atoms with Gasteiger partial charge in [0, 0.05) is 35.8 Å². The molecule has 1 saturated carbocycles. The van der Waals surface area contributed by atoms with Gasteiger partial charge >= 0.3 is 0 Å². The molecular weight excluding hydrogens is 316 g/mol. The van der Waals surface area contributed by atoms with E-state index in [2.05, 4.69) is 18.8 Å². The number of H-pyrrole nitrogens is 1. The van der Waals surface area contributed by atoms with Gasteiger partial charge in [-0.2, -0.15) is 0 Å². The molecule has 1 aromatic carbocycles. The van der Waals surface area contributed by atoms with Gasteiger partial charge in [-0.1, -0.05) is 0 Å². The Labute approximate surface area is 148 Å². The van der Waals surface area contributed by atoms with E-state index in [0.717, 1.165) is 41.4 Å². The molecule has 2 heterocycles. The second-order valence-corrected chi connectivity index (χ2v) is 7.28. The quantitative estimate of drug-likeness (QED) is 0.912.